The first-order chi connectivity index (χ1) is 13.6. The Balaban J connectivity index is 1.59. The van der Waals surface area contributed by atoms with Crippen molar-refractivity contribution in [2.24, 2.45) is 0 Å². The maximum Gasteiger partial charge on any atom is 0.217 e. The smallest absolute Gasteiger partial charge is 0.217 e. The van der Waals surface area contributed by atoms with E-state index in [-0.39, 0.29) is 5.91 Å². The lowest BCUT2D eigenvalue weighted by molar-refractivity contribution is -0.119. The van der Waals surface area contributed by atoms with Gasteiger partial charge in [-0.1, -0.05) is 44.2 Å². The number of hydrogen-bond donors (Lipinski definition) is 1. The van der Waals surface area contributed by atoms with Gasteiger partial charge >= 0.3 is 0 Å². The molecule has 0 fully saturated rings. The fourth-order valence-corrected chi connectivity index (χ4v) is 3.36. The third-order valence-electron chi connectivity index (χ3n) is 4.80. The quantitative estimate of drug-likeness (QED) is 0.550. The molecule has 0 atom stereocenters. The van der Waals surface area contributed by atoms with Crippen LogP contribution in [0, 0.1) is 0 Å². The summed E-state index contributed by atoms with van der Waals surface area (Å²) in [5.74, 6) is 2.28. The second-order valence-electron chi connectivity index (χ2n) is 7.33. The van der Waals surface area contributed by atoms with E-state index in [1.165, 1.54) is 12.5 Å². The predicted octanol–water partition coefficient (Wildman–Crippen LogP) is 4.66. The summed E-state index contributed by atoms with van der Waals surface area (Å²) in [5.41, 5.74) is 3.32. The van der Waals surface area contributed by atoms with E-state index in [1.54, 1.807) is 0 Å². The number of carbonyl (C=O) groups is 1. The predicted molar refractivity (Wildman–Crippen MR) is 113 cm³/mol. The molecular weight excluding hydrogens is 350 g/mol. The Bertz CT molecular complexity index is 930. The number of ether oxygens (including phenoxy) is 1. The van der Waals surface area contributed by atoms with E-state index in [9.17, 15) is 4.79 Å². The minimum absolute atomic E-state index is 0.0455. The molecule has 0 saturated heterocycles. The number of para-hydroxylation sites is 3. The molecule has 3 aromatic rings. The Labute approximate surface area is 166 Å². The zero-order valence-corrected chi connectivity index (χ0v) is 16.9. The zero-order valence-electron chi connectivity index (χ0n) is 16.9. The minimum atomic E-state index is -0.0455. The van der Waals surface area contributed by atoms with Gasteiger partial charge in [0.1, 0.15) is 11.6 Å². The highest BCUT2D eigenvalue weighted by Gasteiger charge is 2.11. The largest absolute Gasteiger partial charge is 0.493 e. The number of nitrogens with zero attached hydrogens (tertiary/aromatic N) is 2. The highest BCUT2D eigenvalue weighted by Crippen LogP contribution is 2.26. The van der Waals surface area contributed by atoms with Crippen LogP contribution in [0.1, 0.15) is 50.9 Å². The van der Waals surface area contributed by atoms with Crippen molar-refractivity contribution in [1.82, 2.24) is 14.9 Å². The third-order valence-corrected chi connectivity index (χ3v) is 4.80. The highest BCUT2D eigenvalue weighted by molar-refractivity contribution is 5.76. The molecular formula is C23H29N3O2. The molecule has 2 aromatic carbocycles. The van der Waals surface area contributed by atoms with Crippen LogP contribution in [0.3, 0.4) is 0 Å². The van der Waals surface area contributed by atoms with Crippen LogP contribution < -0.4 is 10.1 Å². The molecule has 0 aliphatic carbocycles. The van der Waals surface area contributed by atoms with Crippen molar-refractivity contribution < 1.29 is 9.53 Å². The van der Waals surface area contributed by atoms with E-state index in [0.29, 0.717) is 19.1 Å². The summed E-state index contributed by atoms with van der Waals surface area (Å²) in [6.07, 6.45) is 1.94. The van der Waals surface area contributed by atoms with E-state index in [1.807, 2.05) is 30.3 Å². The van der Waals surface area contributed by atoms with Gasteiger partial charge in [0.15, 0.2) is 0 Å². The van der Waals surface area contributed by atoms with Crippen molar-refractivity contribution in [3.8, 4) is 5.75 Å². The van der Waals surface area contributed by atoms with Gasteiger partial charge in [0.05, 0.1) is 24.2 Å². The van der Waals surface area contributed by atoms with E-state index in [2.05, 4.69) is 46.9 Å². The van der Waals surface area contributed by atoms with Gasteiger partial charge in [-0.05, 0) is 42.5 Å². The lowest BCUT2D eigenvalue weighted by Gasteiger charge is -2.14. The van der Waals surface area contributed by atoms with Crippen LogP contribution in [-0.4, -0.2) is 22.1 Å². The number of unbranched alkanes of at least 4 members (excludes halogenated alkanes) is 1. The van der Waals surface area contributed by atoms with Crippen LogP contribution >= 0.6 is 0 Å². The lowest BCUT2D eigenvalue weighted by atomic mass is 10.0. The van der Waals surface area contributed by atoms with Gasteiger partial charge in [0, 0.05) is 13.5 Å². The summed E-state index contributed by atoms with van der Waals surface area (Å²) in [5, 5.41) is 2.86. The number of rotatable bonds is 9. The normalized spacial score (nSPS) is 11.1. The van der Waals surface area contributed by atoms with Crippen molar-refractivity contribution in [3.63, 3.8) is 0 Å². The van der Waals surface area contributed by atoms with Crippen molar-refractivity contribution in [2.75, 3.05) is 6.61 Å². The maximum absolute atomic E-state index is 11.3. The summed E-state index contributed by atoms with van der Waals surface area (Å²) in [6.45, 7) is 7.88. The zero-order chi connectivity index (χ0) is 19.9. The minimum Gasteiger partial charge on any atom is -0.493 e. The van der Waals surface area contributed by atoms with E-state index < -0.39 is 0 Å². The molecule has 1 amide bonds. The molecule has 0 spiro atoms. The average Bonchev–Trinajstić information content (AvgIpc) is 3.04. The highest BCUT2D eigenvalue weighted by atomic mass is 16.5. The molecule has 1 aromatic heterocycles. The molecule has 5 heteroatoms. The molecule has 0 saturated carbocycles. The molecule has 5 nitrogen and oxygen atoms in total. The van der Waals surface area contributed by atoms with E-state index >= 15 is 0 Å². The summed E-state index contributed by atoms with van der Waals surface area (Å²) in [6, 6.07) is 16.4. The number of aromatic nitrogens is 2. The Morgan fingerprint density at radius 1 is 1.11 bits per heavy atom. The Morgan fingerprint density at radius 3 is 2.64 bits per heavy atom. The van der Waals surface area contributed by atoms with Gasteiger partial charge in [-0.3, -0.25) is 4.79 Å². The number of benzene rings is 2. The number of nitrogens with one attached hydrogen (secondary N) is 1. The fraction of sp³-hybridized carbons (Fsp3) is 0.391. The van der Waals surface area contributed by atoms with Gasteiger partial charge in [-0.2, -0.15) is 0 Å². The Hall–Kier alpha value is -2.82. The summed E-state index contributed by atoms with van der Waals surface area (Å²) < 4.78 is 8.23. The number of aryl methyl sites for hydroxylation is 1. The monoisotopic (exact) mass is 379 g/mol. The van der Waals surface area contributed by atoms with Crippen LogP contribution in [0.2, 0.25) is 0 Å². The van der Waals surface area contributed by atoms with Gasteiger partial charge in [-0.15, -0.1) is 0 Å². The maximum atomic E-state index is 11.3. The molecule has 148 valence electrons. The van der Waals surface area contributed by atoms with Crippen LogP contribution in [0.25, 0.3) is 11.0 Å². The standard InChI is InChI=1S/C23H29N3O2/c1-17(2)19-10-4-7-13-22(19)28-15-9-8-14-26-21-12-6-5-11-20(21)25-23(26)16-24-18(3)27/h4-7,10-13,17H,8-9,14-16H2,1-3H3,(H,24,27). The van der Waals surface area contributed by atoms with Crippen LogP contribution in [0.15, 0.2) is 48.5 Å². The van der Waals surface area contributed by atoms with Gasteiger partial charge in [0.2, 0.25) is 5.91 Å². The molecule has 0 unspecified atom stereocenters. The number of carbonyl (C=O) groups excluding carboxylic acids is 1. The summed E-state index contributed by atoms with van der Waals surface area (Å²) in [7, 11) is 0. The van der Waals surface area contributed by atoms with Gasteiger partial charge in [-0.25, -0.2) is 4.98 Å². The van der Waals surface area contributed by atoms with Crippen LogP contribution in [0.5, 0.6) is 5.75 Å². The second kappa shape index (κ2) is 9.40. The molecule has 1 N–H and O–H groups in total. The van der Waals surface area contributed by atoms with E-state index in [0.717, 1.165) is 42.0 Å². The topological polar surface area (TPSA) is 56.2 Å². The molecule has 0 bridgehead atoms. The van der Waals surface area contributed by atoms with Gasteiger partial charge in [0.25, 0.3) is 0 Å². The van der Waals surface area contributed by atoms with Crippen molar-refractivity contribution in [2.45, 2.75) is 52.6 Å². The number of imidazole rings is 1. The van der Waals surface area contributed by atoms with Crippen LogP contribution in [-0.2, 0) is 17.9 Å². The molecule has 1 heterocycles. The number of hydrogen-bond acceptors (Lipinski definition) is 3. The average molecular weight is 380 g/mol. The van der Waals surface area contributed by atoms with Crippen molar-refractivity contribution in [3.05, 3.63) is 59.9 Å². The molecule has 3 rings (SSSR count). The van der Waals surface area contributed by atoms with Gasteiger partial charge < -0.3 is 14.6 Å². The number of amides is 1. The number of fused-ring (bicyclic) bond motifs is 1. The second-order valence-corrected chi connectivity index (χ2v) is 7.33. The first-order valence-corrected chi connectivity index (χ1v) is 9.96. The summed E-state index contributed by atoms with van der Waals surface area (Å²) in [4.78, 5) is 16.0. The molecule has 28 heavy (non-hydrogen) atoms. The van der Waals surface area contributed by atoms with Crippen molar-refractivity contribution in [1.29, 1.82) is 0 Å². The van der Waals surface area contributed by atoms with Crippen molar-refractivity contribution >= 4 is 16.9 Å². The molecule has 0 radical (unpaired) electrons. The first-order valence-electron chi connectivity index (χ1n) is 9.96. The Kier molecular flexibility index (Phi) is 6.69. The van der Waals surface area contributed by atoms with Crippen LogP contribution in [0.4, 0.5) is 0 Å². The SMILES string of the molecule is CC(=O)NCc1nc2ccccc2n1CCCCOc1ccccc1C(C)C. The summed E-state index contributed by atoms with van der Waals surface area (Å²) >= 11 is 0. The molecule has 0 aliphatic rings. The molecule has 0 aliphatic heterocycles. The van der Waals surface area contributed by atoms with E-state index in [4.69, 9.17) is 4.74 Å². The first kappa shape index (κ1) is 19.9. The fourth-order valence-electron chi connectivity index (χ4n) is 3.36. The lowest BCUT2D eigenvalue weighted by Crippen LogP contribution is -2.21. The third kappa shape index (κ3) is 4.91. The Morgan fingerprint density at radius 2 is 1.86 bits per heavy atom.